The SMILES string of the molecule is CCCCCCCCCCCCCC/C=C/CCCCCC[N+](CC(CC)C(=O)O)(CC(CC)C(=O)O)CC(CC)C(=O)O. The van der Waals surface area contributed by atoms with Crippen LogP contribution in [-0.4, -0.2) is 63.9 Å². The number of nitrogens with zero attached hydrogens (tertiary/aromatic N) is 1. The van der Waals surface area contributed by atoms with Gasteiger partial charge in [0.2, 0.25) is 0 Å². The second-order valence-corrected chi connectivity index (χ2v) is 13.3. The van der Waals surface area contributed by atoms with Crippen molar-refractivity contribution >= 4 is 17.9 Å². The van der Waals surface area contributed by atoms with Crippen LogP contribution in [-0.2, 0) is 14.4 Å². The summed E-state index contributed by atoms with van der Waals surface area (Å²) in [6.07, 6.45) is 28.6. The van der Waals surface area contributed by atoms with E-state index in [1.807, 2.05) is 20.8 Å². The fourth-order valence-corrected chi connectivity index (χ4v) is 6.45. The first-order valence-corrected chi connectivity index (χ1v) is 18.3. The van der Waals surface area contributed by atoms with E-state index in [0.29, 0.717) is 25.8 Å². The van der Waals surface area contributed by atoms with E-state index in [1.54, 1.807) is 0 Å². The molecule has 0 fully saturated rings. The molecular weight excluding hydrogens is 554 g/mol. The zero-order valence-corrected chi connectivity index (χ0v) is 29.1. The van der Waals surface area contributed by atoms with E-state index in [-0.39, 0.29) is 24.1 Å². The summed E-state index contributed by atoms with van der Waals surface area (Å²) in [5.74, 6) is -4.54. The first kappa shape index (κ1) is 42.1. The molecule has 3 N–H and O–H groups in total. The van der Waals surface area contributed by atoms with E-state index >= 15 is 0 Å². The summed E-state index contributed by atoms with van der Waals surface area (Å²) in [4.78, 5) is 36.0. The van der Waals surface area contributed by atoms with E-state index in [9.17, 15) is 29.7 Å². The van der Waals surface area contributed by atoms with Crippen LogP contribution < -0.4 is 0 Å². The van der Waals surface area contributed by atoms with Gasteiger partial charge in [-0.2, -0.15) is 0 Å². The summed E-state index contributed by atoms with van der Waals surface area (Å²) in [5, 5.41) is 29.5. The Balaban J connectivity index is 4.61. The van der Waals surface area contributed by atoms with Gasteiger partial charge in [-0.15, -0.1) is 0 Å². The van der Waals surface area contributed by atoms with Gasteiger partial charge in [0, 0.05) is 0 Å². The van der Waals surface area contributed by atoms with Crippen molar-refractivity contribution in [2.24, 2.45) is 17.8 Å². The molecule has 0 aliphatic heterocycles. The highest BCUT2D eigenvalue weighted by atomic mass is 16.4. The molecule has 0 saturated carbocycles. The van der Waals surface area contributed by atoms with Crippen LogP contribution in [0.4, 0.5) is 0 Å². The van der Waals surface area contributed by atoms with Gasteiger partial charge in [0.15, 0.2) is 0 Å². The maximum absolute atomic E-state index is 12.0. The number of hydrogen-bond donors (Lipinski definition) is 3. The van der Waals surface area contributed by atoms with E-state index < -0.39 is 35.7 Å². The Bertz CT molecular complexity index is 707. The van der Waals surface area contributed by atoms with Crippen LogP contribution in [0.15, 0.2) is 12.2 Å². The lowest BCUT2D eigenvalue weighted by Crippen LogP contribution is -2.58. The first-order valence-electron chi connectivity index (χ1n) is 18.3. The molecule has 0 aliphatic carbocycles. The number of quaternary nitrogens is 1. The third-order valence-electron chi connectivity index (χ3n) is 9.49. The number of aliphatic carboxylic acids is 3. The fraction of sp³-hybridized carbons (Fsp3) is 0.865. The lowest BCUT2D eigenvalue weighted by molar-refractivity contribution is -0.935. The van der Waals surface area contributed by atoms with Crippen molar-refractivity contribution < 1.29 is 34.2 Å². The van der Waals surface area contributed by atoms with Crippen molar-refractivity contribution in [3.8, 4) is 0 Å². The Morgan fingerprint density at radius 1 is 0.477 bits per heavy atom. The minimum atomic E-state index is -0.892. The predicted octanol–water partition coefficient (Wildman–Crippen LogP) is 9.73. The summed E-state index contributed by atoms with van der Waals surface area (Å²) >= 11 is 0. The highest BCUT2D eigenvalue weighted by molar-refractivity contribution is 5.71. The monoisotopic (exact) mass is 625 g/mol. The molecule has 258 valence electrons. The van der Waals surface area contributed by atoms with Crippen LogP contribution in [0.1, 0.15) is 163 Å². The molecule has 0 heterocycles. The van der Waals surface area contributed by atoms with Gasteiger partial charge in [0.05, 0.1) is 26.2 Å². The van der Waals surface area contributed by atoms with Gasteiger partial charge in [-0.3, -0.25) is 14.4 Å². The summed E-state index contributed by atoms with van der Waals surface area (Å²) in [7, 11) is 0. The number of allylic oxidation sites excluding steroid dienone is 2. The molecule has 7 nitrogen and oxygen atoms in total. The van der Waals surface area contributed by atoms with Crippen molar-refractivity contribution in [3.05, 3.63) is 12.2 Å². The maximum Gasteiger partial charge on any atom is 0.312 e. The molecule has 0 spiro atoms. The molecule has 0 bridgehead atoms. The van der Waals surface area contributed by atoms with Crippen molar-refractivity contribution in [1.29, 1.82) is 0 Å². The van der Waals surface area contributed by atoms with Gasteiger partial charge in [-0.05, 0) is 57.8 Å². The Morgan fingerprint density at radius 3 is 1.07 bits per heavy atom. The standard InChI is InChI=1S/C37H69NO6/c1-5-9-10-11-12-13-14-15-16-17-18-19-20-21-22-23-24-25-26-27-28-38(29-32(6-2)35(39)40,30-33(7-3)36(41)42)31-34(8-4)37(43)44/h21-22,32-34H,5-20,23-31H2,1-4H3,(H2-,39,40,41,42,43,44)/p+1/b22-21+. The van der Waals surface area contributed by atoms with Gasteiger partial charge in [-0.1, -0.05) is 117 Å². The van der Waals surface area contributed by atoms with E-state index in [4.69, 9.17) is 0 Å². The lowest BCUT2D eigenvalue weighted by atomic mass is 9.95. The summed E-state index contributed by atoms with van der Waals surface area (Å²) in [6, 6.07) is 0. The number of carbonyl (C=O) groups is 3. The number of rotatable bonds is 32. The van der Waals surface area contributed by atoms with Crippen LogP contribution in [0.25, 0.3) is 0 Å². The van der Waals surface area contributed by atoms with Gasteiger partial charge in [0.1, 0.15) is 17.8 Å². The minimum Gasteiger partial charge on any atom is -0.481 e. The van der Waals surface area contributed by atoms with E-state index in [0.717, 1.165) is 38.5 Å². The number of carboxylic acids is 3. The van der Waals surface area contributed by atoms with Crippen LogP contribution in [0.3, 0.4) is 0 Å². The zero-order valence-electron chi connectivity index (χ0n) is 29.1. The Kier molecular flexibility index (Phi) is 26.2. The smallest absolute Gasteiger partial charge is 0.312 e. The lowest BCUT2D eigenvalue weighted by Gasteiger charge is -2.43. The van der Waals surface area contributed by atoms with Crippen LogP contribution >= 0.6 is 0 Å². The molecule has 0 aromatic heterocycles. The van der Waals surface area contributed by atoms with Gasteiger partial charge < -0.3 is 19.8 Å². The molecule has 0 rings (SSSR count). The molecule has 3 unspecified atom stereocenters. The van der Waals surface area contributed by atoms with Gasteiger partial charge in [0.25, 0.3) is 0 Å². The van der Waals surface area contributed by atoms with E-state index in [1.165, 1.54) is 77.0 Å². The van der Waals surface area contributed by atoms with Gasteiger partial charge >= 0.3 is 17.9 Å². The third kappa shape index (κ3) is 21.0. The molecule has 3 atom stereocenters. The highest BCUT2D eigenvalue weighted by Gasteiger charge is 2.40. The first-order chi connectivity index (χ1) is 21.2. The molecule has 0 aromatic carbocycles. The summed E-state index contributed by atoms with van der Waals surface area (Å²) in [6.45, 7) is 9.23. The highest BCUT2D eigenvalue weighted by Crippen LogP contribution is 2.25. The molecule has 0 radical (unpaired) electrons. The quantitative estimate of drug-likeness (QED) is 0.0390. The van der Waals surface area contributed by atoms with E-state index in [2.05, 4.69) is 19.1 Å². The molecule has 44 heavy (non-hydrogen) atoms. The molecule has 0 saturated heterocycles. The molecular formula is C37H70NO6+. The molecule has 0 aliphatic rings. The number of unbranched alkanes of at least 4 members (excludes halogenated alkanes) is 16. The van der Waals surface area contributed by atoms with Crippen molar-refractivity contribution in [1.82, 2.24) is 0 Å². The Labute approximate surface area is 270 Å². The van der Waals surface area contributed by atoms with Crippen LogP contribution in [0.2, 0.25) is 0 Å². The largest absolute Gasteiger partial charge is 0.481 e. The Morgan fingerprint density at radius 2 is 0.773 bits per heavy atom. The molecule has 0 aromatic rings. The average Bonchev–Trinajstić information content (AvgIpc) is 2.99. The predicted molar refractivity (Wildman–Crippen MR) is 182 cm³/mol. The molecule has 7 heteroatoms. The van der Waals surface area contributed by atoms with Gasteiger partial charge in [-0.25, -0.2) is 0 Å². The normalized spacial score (nSPS) is 15.2. The third-order valence-corrected chi connectivity index (χ3v) is 9.49. The second kappa shape index (κ2) is 27.4. The van der Waals surface area contributed by atoms with Crippen molar-refractivity contribution in [3.63, 3.8) is 0 Å². The maximum atomic E-state index is 12.0. The fourth-order valence-electron chi connectivity index (χ4n) is 6.45. The Hall–Kier alpha value is -1.89. The van der Waals surface area contributed by atoms with Crippen LogP contribution in [0, 0.1) is 17.8 Å². The average molecular weight is 625 g/mol. The summed E-state index contributed by atoms with van der Waals surface area (Å²) < 4.78 is 0.249. The topological polar surface area (TPSA) is 112 Å². The number of carboxylic acid groups (broad SMARTS) is 3. The van der Waals surface area contributed by atoms with Crippen LogP contribution in [0.5, 0.6) is 0 Å². The second-order valence-electron chi connectivity index (χ2n) is 13.3. The summed E-state index contributed by atoms with van der Waals surface area (Å²) in [5.41, 5.74) is 0. The number of hydrogen-bond acceptors (Lipinski definition) is 3. The zero-order chi connectivity index (χ0) is 33.1. The van der Waals surface area contributed by atoms with Crippen molar-refractivity contribution in [2.45, 2.75) is 163 Å². The molecule has 0 amide bonds. The van der Waals surface area contributed by atoms with Crippen molar-refractivity contribution in [2.75, 3.05) is 26.2 Å². The minimum absolute atomic E-state index is 0.249.